The van der Waals surface area contributed by atoms with Crippen LogP contribution in [0.4, 0.5) is 19.4 Å². The number of nitrogens with zero attached hydrogens (tertiary/aromatic N) is 6. The van der Waals surface area contributed by atoms with Gasteiger partial charge in [-0.2, -0.15) is 9.97 Å². The second-order valence-electron chi connectivity index (χ2n) is 21.0. The third-order valence-electron chi connectivity index (χ3n) is 15.7. The van der Waals surface area contributed by atoms with Crippen molar-refractivity contribution in [2.45, 2.75) is 154 Å². The third kappa shape index (κ3) is 11.0. The molecule has 5 aromatic rings. The van der Waals surface area contributed by atoms with Gasteiger partial charge in [0.25, 0.3) is 0 Å². The standard InChI is InChI=1S/C58H70F2N6O6/c1-5-8-10-12-13-15-18-40(17-14-11-9-6-2)55(68)72-45-24-19-39(20-25-45)36-70-57(69)66-42-22-23-43(66)35-64(34-42)54-48-32-61-52(47-30-44(67)29-41-21-26-49(59)46(7-3)50(41)47)51(60)53(48)62-56(63-54)71-37-58-27-16-28-65(58)33-38(4)31-58/h3,19-21,24-26,29-30,32,38,40,42-43,67H,5-6,8-18,22-23,27-28,31,33-37H2,1-2,4H3/t38-,40?,42?,43?,58+/m1/s1. The van der Waals surface area contributed by atoms with Crippen LogP contribution in [0.25, 0.3) is 32.9 Å². The zero-order chi connectivity index (χ0) is 50.4. The monoisotopic (exact) mass is 985 g/mol. The molecule has 5 atom stereocenters. The number of aromatic nitrogens is 3. The summed E-state index contributed by atoms with van der Waals surface area (Å²) in [6, 6.07) is 12.3. The lowest BCUT2D eigenvalue weighted by molar-refractivity contribution is -0.139. The summed E-state index contributed by atoms with van der Waals surface area (Å²) in [7, 11) is 0. The zero-order valence-corrected chi connectivity index (χ0v) is 42.3. The van der Waals surface area contributed by atoms with E-state index in [0.717, 1.165) is 95.7 Å². The molecule has 0 saturated carbocycles. The van der Waals surface area contributed by atoms with Crippen molar-refractivity contribution in [3.63, 3.8) is 0 Å². The van der Waals surface area contributed by atoms with E-state index >= 15 is 8.78 Å². The van der Waals surface area contributed by atoms with Crippen molar-refractivity contribution in [2.24, 2.45) is 11.8 Å². The van der Waals surface area contributed by atoms with E-state index < -0.39 is 17.7 Å². The number of rotatable bonds is 21. The van der Waals surface area contributed by atoms with Gasteiger partial charge in [-0.25, -0.2) is 13.6 Å². The van der Waals surface area contributed by atoms with Crippen LogP contribution in [0.15, 0.2) is 54.7 Å². The van der Waals surface area contributed by atoms with E-state index in [4.69, 9.17) is 30.6 Å². The number of esters is 1. The Balaban J connectivity index is 0.905. The van der Waals surface area contributed by atoms with Crippen LogP contribution >= 0.6 is 0 Å². The quantitative estimate of drug-likeness (QED) is 0.0326. The lowest BCUT2D eigenvalue weighted by atomic mass is 9.92. The number of aromatic hydroxyl groups is 1. The molecule has 2 aromatic heterocycles. The fourth-order valence-corrected chi connectivity index (χ4v) is 12.1. The number of benzene rings is 3. The van der Waals surface area contributed by atoms with Gasteiger partial charge in [-0.05, 0) is 98.7 Å². The lowest BCUT2D eigenvalue weighted by Crippen LogP contribution is -2.56. The molecule has 12 nitrogen and oxygen atoms in total. The SMILES string of the molecule is C#Cc1c(F)ccc2cc(O)cc(-c3ncc4c(N5CC6CCC(C5)N6C(=O)OCc5ccc(OC(=O)C(CCCCCC)CCCCCCCC)cc5)nc(OC[C@@]56CCCN5C[C@H](C)C6)nc4c3F)c12. The van der Waals surface area contributed by atoms with Crippen LogP contribution in [0.2, 0.25) is 0 Å². The molecule has 0 aliphatic carbocycles. The van der Waals surface area contributed by atoms with E-state index in [1.54, 1.807) is 12.1 Å². The van der Waals surface area contributed by atoms with Crippen LogP contribution in [-0.2, 0) is 16.1 Å². The highest BCUT2D eigenvalue weighted by atomic mass is 19.1. The number of terminal acetylenes is 1. The van der Waals surface area contributed by atoms with Gasteiger partial charge in [0.2, 0.25) is 0 Å². The number of piperazine rings is 1. The maximum Gasteiger partial charge on any atom is 0.410 e. The van der Waals surface area contributed by atoms with Gasteiger partial charge >= 0.3 is 18.1 Å². The fraction of sp³-hybridized carbons (Fsp3) is 0.534. The largest absolute Gasteiger partial charge is 0.508 e. The molecule has 14 heteroatoms. The summed E-state index contributed by atoms with van der Waals surface area (Å²) >= 11 is 0. The number of unbranched alkanes of at least 4 members (excludes halogenated alkanes) is 8. The average Bonchev–Trinajstić information content (AvgIpc) is 4.00. The Morgan fingerprint density at radius 1 is 0.917 bits per heavy atom. The molecule has 382 valence electrons. The summed E-state index contributed by atoms with van der Waals surface area (Å²) in [4.78, 5) is 47.9. The molecule has 0 spiro atoms. The topological polar surface area (TPSA) is 130 Å². The Bertz CT molecular complexity index is 2770. The predicted octanol–water partition coefficient (Wildman–Crippen LogP) is 12.3. The van der Waals surface area contributed by atoms with Gasteiger partial charge in [-0.15, -0.1) is 6.42 Å². The summed E-state index contributed by atoms with van der Waals surface area (Å²) in [5.74, 6) is 1.94. The van der Waals surface area contributed by atoms with Crippen LogP contribution in [-0.4, -0.2) is 92.3 Å². The molecule has 2 bridgehead atoms. The molecule has 9 rings (SSSR count). The number of hydrogen-bond acceptors (Lipinski definition) is 11. The first-order valence-electron chi connectivity index (χ1n) is 26.7. The number of hydrogen-bond donors (Lipinski definition) is 1. The Morgan fingerprint density at radius 2 is 1.62 bits per heavy atom. The van der Waals surface area contributed by atoms with E-state index in [2.05, 4.69) is 41.5 Å². The minimum Gasteiger partial charge on any atom is -0.508 e. The highest BCUT2D eigenvalue weighted by Gasteiger charge is 2.48. The van der Waals surface area contributed by atoms with Crippen LogP contribution in [0, 0.1) is 35.8 Å². The molecule has 3 aromatic carbocycles. The van der Waals surface area contributed by atoms with Crippen LogP contribution in [0.3, 0.4) is 0 Å². The van der Waals surface area contributed by atoms with Crippen molar-refractivity contribution in [3.8, 4) is 41.1 Å². The fourth-order valence-electron chi connectivity index (χ4n) is 12.1. The molecule has 1 N–H and O–H groups in total. The zero-order valence-electron chi connectivity index (χ0n) is 42.3. The first kappa shape index (κ1) is 50.9. The highest BCUT2D eigenvalue weighted by Crippen LogP contribution is 2.43. The summed E-state index contributed by atoms with van der Waals surface area (Å²) in [6.45, 7) is 9.85. The van der Waals surface area contributed by atoms with Crippen molar-refractivity contribution in [1.29, 1.82) is 0 Å². The Morgan fingerprint density at radius 3 is 2.35 bits per heavy atom. The Hall–Kier alpha value is -6.07. The second kappa shape index (κ2) is 22.8. The van der Waals surface area contributed by atoms with Crippen molar-refractivity contribution in [3.05, 3.63) is 77.5 Å². The van der Waals surface area contributed by atoms with Crippen LogP contribution < -0.4 is 14.4 Å². The van der Waals surface area contributed by atoms with E-state index in [-0.39, 0.29) is 75.6 Å². The molecule has 6 heterocycles. The minimum atomic E-state index is -0.794. The molecular formula is C58H70F2N6O6. The number of carbonyl (C=O) groups is 2. The van der Waals surface area contributed by atoms with Gasteiger partial charge < -0.3 is 24.2 Å². The van der Waals surface area contributed by atoms with Crippen LogP contribution in [0.5, 0.6) is 17.5 Å². The Labute approximate surface area is 422 Å². The normalized spacial score (nSPS) is 21.0. The molecule has 3 unspecified atom stereocenters. The van der Waals surface area contributed by atoms with E-state index in [1.807, 2.05) is 17.0 Å². The molecule has 4 aliphatic rings. The van der Waals surface area contributed by atoms with Gasteiger partial charge in [-0.1, -0.05) is 109 Å². The van der Waals surface area contributed by atoms with Gasteiger partial charge in [0.1, 0.15) is 47.6 Å². The van der Waals surface area contributed by atoms with Gasteiger partial charge in [0.15, 0.2) is 5.82 Å². The first-order valence-corrected chi connectivity index (χ1v) is 26.7. The highest BCUT2D eigenvalue weighted by molar-refractivity contribution is 6.03. The van der Waals surface area contributed by atoms with Gasteiger partial charge in [0, 0.05) is 36.8 Å². The van der Waals surface area contributed by atoms with Gasteiger partial charge in [0.05, 0.1) is 34.5 Å². The van der Waals surface area contributed by atoms with E-state index in [0.29, 0.717) is 48.0 Å². The maximum atomic E-state index is 17.3. The number of fused-ring (bicyclic) bond motifs is 5. The molecule has 4 saturated heterocycles. The van der Waals surface area contributed by atoms with Gasteiger partial charge in [-0.3, -0.25) is 19.6 Å². The first-order chi connectivity index (χ1) is 35.0. The lowest BCUT2D eigenvalue weighted by Gasteiger charge is -2.41. The predicted molar refractivity (Wildman–Crippen MR) is 276 cm³/mol. The van der Waals surface area contributed by atoms with Crippen molar-refractivity contribution in [1.82, 2.24) is 24.8 Å². The average molecular weight is 985 g/mol. The van der Waals surface area contributed by atoms with Crippen molar-refractivity contribution < 1.29 is 37.7 Å². The van der Waals surface area contributed by atoms with Crippen LogP contribution in [0.1, 0.15) is 141 Å². The molecule has 72 heavy (non-hydrogen) atoms. The molecular weight excluding hydrogens is 915 g/mol. The number of amides is 1. The molecule has 1 amide bonds. The van der Waals surface area contributed by atoms with E-state index in [9.17, 15) is 14.7 Å². The second-order valence-corrected chi connectivity index (χ2v) is 21.0. The number of phenolic OH excluding ortho intramolecular Hbond substituents is 1. The third-order valence-corrected chi connectivity index (χ3v) is 15.7. The number of pyridine rings is 1. The number of anilines is 1. The molecule has 4 aliphatic heterocycles. The smallest absolute Gasteiger partial charge is 0.410 e. The van der Waals surface area contributed by atoms with E-state index in [1.165, 1.54) is 62.6 Å². The van der Waals surface area contributed by atoms with Crippen molar-refractivity contribution in [2.75, 3.05) is 37.7 Å². The summed E-state index contributed by atoms with van der Waals surface area (Å²) in [5, 5.41) is 11.8. The minimum absolute atomic E-state index is 0.0239. The summed E-state index contributed by atoms with van der Waals surface area (Å²) in [6.07, 6.45) is 24.6. The number of carbonyl (C=O) groups excluding carboxylic acids is 2. The molecule has 0 radical (unpaired) electrons. The maximum absolute atomic E-state index is 17.3. The number of ether oxygens (including phenoxy) is 3. The summed E-state index contributed by atoms with van der Waals surface area (Å²) < 4.78 is 50.8. The van der Waals surface area contributed by atoms with Crippen molar-refractivity contribution >= 4 is 39.6 Å². The summed E-state index contributed by atoms with van der Waals surface area (Å²) in [5.41, 5.74) is 0.481. The number of halogens is 2. The Kier molecular flexibility index (Phi) is 16.1. The number of phenols is 1. The molecule has 4 fully saturated rings.